The van der Waals surface area contributed by atoms with Gasteiger partial charge in [-0.3, -0.25) is 0 Å². The van der Waals surface area contributed by atoms with E-state index in [1.807, 2.05) is 48.5 Å². The molecule has 2 aromatic rings. The van der Waals surface area contributed by atoms with Crippen LogP contribution in [0.25, 0.3) is 0 Å². The zero-order valence-electron chi connectivity index (χ0n) is 18.0. The van der Waals surface area contributed by atoms with E-state index < -0.39 is 0 Å². The first kappa shape index (κ1) is 20.9. The number of fused-ring (bicyclic) bond motifs is 2. The van der Waals surface area contributed by atoms with Gasteiger partial charge in [-0.15, -0.1) is 0 Å². The predicted octanol–water partition coefficient (Wildman–Crippen LogP) is 4.20. The van der Waals surface area contributed by atoms with Crippen LogP contribution in [0.1, 0.15) is 6.42 Å². The molecule has 0 saturated carbocycles. The highest BCUT2D eigenvalue weighted by atomic mass is 16.6. The van der Waals surface area contributed by atoms with Gasteiger partial charge in [-0.05, 0) is 36.3 Å². The van der Waals surface area contributed by atoms with Gasteiger partial charge in [-0.1, -0.05) is 42.5 Å². The first-order chi connectivity index (χ1) is 15.8. The SMILES string of the molecule is C1=CC(COCC2COc3ccccc3O2)CC=C1COCC1COc2ccccc2O1. The van der Waals surface area contributed by atoms with Crippen molar-refractivity contribution in [2.24, 2.45) is 5.92 Å². The molecule has 3 unspecified atom stereocenters. The number of para-hydroxylation sites is 4. The van der Waals surface area contributed by atoms with E-state index in [4.69, 9.17) is 28.4 Å². The van der Waals surface area contributed by atoms with Crippen LogP contribution in [0.3, 0.4) is 0 Å². The lowest BCUT2D eigenvalue weighted by molar-refractivity contribution is 0.00213. The van der Waals surface area contributed by atoms with Gasteiger partial charge in [0.25, 0.3) is 0 Å². The lowest BCUT2D eigenvalue weighted by atomic mass is 9.98. The molecule has 2 aromatic carbocycles. The molecule has 1 aliphatic carbocycles. The molecule has 168 valence electrons. The molecular weight excluding hydrogens is 408 g/mol. The summed E-state index contributed by atoms with van der Waals surface area (Å²) < 4.78 is 35.1. The fourth-order valence-corrected chi connectivity index (χ4v) is 3.89. The molecule has 3 aliphatic rings. The van der Waals surface area contributed by atoms with Gasteiger partial charge in [0.2, 0.25) is 0 Å². The molecule has 2 heterocycles. The van der Waals surface area contributed by atoms with Gasteiger partial charge in [-0.2, -0.15) is 0 Å². The Morgan fingerprint density at radius 1 is 0.719 bits per heavy atom. The van der Waals surface area contributed by atoms with Crippen molar-refractivity contribution in [3.05, 3.63) is 72.3 Å². The van der Waals surface area contributed by atoms with E-state index in [9.17, 15) is 0 Å². The summed E-state index contributed by atoms with van der Waals surface area (Å²) in [5.74, 6) is 3.52. The highest BCUT2D eigenvalue weighted by Crippen LogP contribution is 2.32. The van der Waals surface area contributed by atoms with Gasteiger partial charge < -0.3 is 28.4 Å². The molecule has 0 aromatic heterocycles. The van der Waals surface area contributed by atoms with Crippen molar-refractivity contribution in [2.75, 3.05) is 39.6 Å². The van der Waals surface area contributed by atoms with Crippen LogP contribution in [0.15, 0.2) is 72.3 Å². The number of allylic oxidation sites excluding steroid dienone is 1. The van der Waals surface area contributed by atoms with Crippen LogP contribution in [0.4, 0.5) is 0 Å². The van der Waals surface area contributed by atoms with Crippen LogP contribution in [-0.4, -0.2) is 51.8 Å². The smallest absolute Gasteiger partial charge is 0.161 e. The molecule has 0 bridgehead atoms. The Bertz CT molecular complexity index is 968. The minimum Gasteiger partial charge on any atom is -0.486 e. The number of hydrogen-bond donors (Lipinski definition) is 0. The van der Waals surface area contributed by atoms with Crippen molar-refractivity contribution in [1.82, 2.24) is 0 Å². The molecule has 6 heteroatoms. The third-order valence-corrected chi connectivity index (χ3v) is 5.61. The number of ether oxygens (including phenoxy) is 6. The van der Waals surface area contributed by atoms with Crippen LogP contribution in [0.5, 0.6) is 23.0 Å². The van der Waals surface area contributed by atoms with Crippen molar-refractivity contribution in [3.63, 3.8) is 0 Å². The molecular formula is C26H28O6. The molecule has 0 saturated heterocycles. The van der Waals surface area contributed by atoms with Gasteiger partial charge in [0.15, 0.2) is 35.2 Å². The standard InChI is InChI=1S/C26H28O6/c1-3-7-25-23(5-1)29-17-21(31-25)15-27-13-19-9-11-20(12-10-19)14-28-16-22-18-30-24-6-2-4-8-26(24)32-22/h1-11,20-22H,12-18H2. The van der Waals surface area contributed by atoms with Crippen LogP contribution >= 0.6 is 0 Å². The lowest BCUT2D eigenvalue weighted by Crippen LogP contribution is -2.34. The van der Waals surface area contributed by atoms with E-state index in [1.165, 1.54) is 5.57 Å². The third kappa shape index (κ3) is 5.26. The van der Waals surface area contributed by atoms with Crippen molar-refractivity contribution in [3.8, 4) is 23.0 Å². The first-order valence-electron chi connectivity index (χ1n) is 11.1. The number of hydrogen-bond acceptors (Lipinski definition) is 6. The largest absolute Gasteiger partial charge is 0.486 e. The summed E-state index contributed by atoms with van der Waals surface area (Å²) in [5.41, 5.74) is 1.18. The summed E-state index contributed by atoms with van der Waals surface area (Å²) in [5, 5.41) is 0. The molecule has 0 amide bonds. The summed E-state index contributed by atoms with van der Waals surface area (Å²) in [6.45, 7) is 3.27. The number of benzene rings is 2. The van der Waals surface area contributed by atoms with Gasteiger partial charge in [0.05, 0.1) is 26.4 Å². The summed E-state index contributed by atoms with van der Waals surface area (Å²) in [6, 6.07) is 15.4. The van der Waals surface area contributed by atoms with Crippen LogP contribution in [0, 0.1) is 5.92 Å². The Kier molecular flexibility index (Phi) is 6.61. The zero-order valence-corrected chi connectivity index (χ0v) is 18.0. The van der Waals surface area contributed by atoms with Crippen molar-refractivity contribution in [1.29, 1.82) is 0 Å². The molecule has 5 rings (SSSR count). The average molecular weight is 437 g/mol. The maximum atomic E-state index is 5.94. The van der Waals surface area contributed by atoms with Crippen LogP contribution < -0.4 is 18.9 Å². The Hall–Kier alpha value is -2.96. The minimum atomic E-state index is -0.0860. The van der Waals surface area contributed by atoms with E-state index in [1.54, 1.807) is 0 Å². The summed E-state index contributed by atoms with van der Waals surface area (Å²) in [4.78, 5) is 0. The summed E-state index contributed by atoms with van der Waals surface area (Å²) >= 11 is 0. The van der Waals surface area contributed by atoms with Crippen molar-refractivity contribution in [2.45, 2.75) is 18.6 Å². The van der Waals surface area contributed by atoms with Crippen LogP contribution in [-0.2, 0) is 9.47 Å². The normalized spacial score (nSPS) is 23.5. The lowest BCUT2D eigenvalue weighted by Gasteiger charge is -2.27. The molecule has 0 spiro atoms. The minimum absolute atomic E-state index is 0.0741. The Morgan fingerprint density at radius 3 is 1.91 bits per heavy atom. The number of rotatable bonds is 8. The predicted molar refractivity (Wildman–Crippen MR) is 120 cm³/mol. The first-order valence-corrected chi connectivity index (χ1v) is 11.1. The quantitative estimate of drug-likeness (QED) is 0.618. The summed E-state index contributed by atoms with van der Waals surface area (Å²) in [6.07, 6.45) is 7.32. The third-order valence-electron chi connectivity index (χ3n) is 5.61. The molecule has 6 nitrogen and oxygen atoms in total. The fourth-order valence-electron chi connectivity index (χ4n) is 3.89. The zero-order chi connectivity index (χ0) is 21.6. The monoisotopic (exact) mass is 436 g/mol. The Labute approximate surface area is 188 Å². The second-order valence-corrected chi connectivity index (χ2v) is 8.18. The molecule has 32 heavy (non-hydrogen) atoms. The van der Waals surface area contributed by atoms with Gasteiger partial charge in [0, 0.05) is 5.92 Å². The second-order valence-electron chi connectivity index (χ2n) is 8.18. The molecule has 2 aliphatic heterocycles. The highest BCUT2D eigenvalue weighted by Gasteiger charge is 2.22. The van der Waals surface area contributed by atoms with Crippen LogP contribution in [0.2, 0.25) is 0 Å². The summed E-state index contributed by atoms with van der Waals surface area (Å²) in [7, 11) is 0. The highest BCUT2D eigenvalue weighted by molar-refractivity contribution is 5.41. The average Bonchev–Trinajstić information content (AvgIpc) is 2.85. The van der Waals surface area contributed by atoms with E-state index in [2.05, 4.69) is 18.2 Å². The molecule has 3 atom stereocenters. The second kappa shape index (κ2) is 10.1. The fraction of sp³-hybridized carbons (Fsp3) is 0.385. The van der Waals surface area contributed by atoms with Crippen molar-refractivity contribution >= 4 is 0 Å². The van der Waals surface area contributed by atoms with Gasteiger partial charge in [0.1, 0.15) is 13.2 Å². The van der Waals surface area contributed by atoms with E-state index in [0.717, 1.165) is 29.4 Å². The van der Waals surface area contributed by atoms with Crippen molar-refractivity contribution < 1.29 is 28.4 Å². The molecule has 0 N–H and O–H groups in total. The topological polar surface area (TPSA) is 55.4 Å². The van der Waals surface area contributed by atoms with Gasteiger partial charge >= 0.3 is 0 Å². The maximum absolute atomic E-state index is 5.94. The Morgan fingerprint density at radius 2 is 1.31 bits per heavy atom. The van der Waals surface area contributed by atoms with Gasteiger partial charge in [-0.25, -0.2) is 0 Å². The molecule has 0 radical (unpaired) electrons. The van der Waals surface area contributed by atoms with E-state index in [0.29, 0.717) is 45.6 Å². The maximum Gasteiger partial charge on any atom is 0.161 e. The molecule has 0 fully saturated rings. The van der Waals surface area contributed by atoms with E-state index in [-0.39, 0.29) is 12.2 Å². The van der Waals surface area contributed by atoms with E-state index >= 15 is 0 Å². The Balaban J connectivity index is 0.976.